The first-order chi connectivity index (χ1) is 3.93. The number of halogens is 1. The Hall–Kier alpha value is 1.42. The van der Waals surface area contributed by atoms with Crippen LogP contribution in [0.15, 0.2) is 0 Å². The third-order valence-electron chi connectivity index (χ3n) is 0.821. The summed E-state index contributed by atoms with van der Waals surface area (Å²) in [4.78, 5) is 0. The van der Waals surface area contributed by atoms with Crippen molar-refractivity contribution in [3.63, 3.8) is 0 Å². The molecule has 0 N–H and O–H groups in total. The molecule has 1 saturated heterocycles. The molecule has 4 heteroatoms. The molecular formula is C4H8ClPS2. The summed E-state index contributed by atoms with van der Waals surface area (Å²) >= 11 is 9.79. The molecule has 1 rings (SSSR count). The van der Waals surface area contributed by atoms with Crippen molar-refractivity contribution >= 4 is 40.7 Å². The van der Waals surface area contributed by atoms with Crippen LogP contribution in [0.1, 0.15) is 0 Å². The van der Waals surface area contributed by atoms with Gasteiger partial charge >= 0.3 is 0 Å². The standard InChI is InChI=1S/C4H8ClPS2/c5-1-2-6-7-3-4-8-6/h1-4H2. The maximum Gasteiger partial charge on any atom is 0.0278 e. The summed E-state index contributed by atoms with van der Waals surface area (Å²) in [6.45, 7) is 0. The summed E-state index contributed by atoms with van der Waals surface area (Å²) in [6, 6.07) is 0. The van der Waals surface area contributed by atoms with Crippen molar-refractivity contribution < 1.29 is 0 Å². The van der Waals surface area contributed by atoms with Crippen molar-refractivity contribution in [2.45, 2.75) is 0 Å². The van der Waals surface area contributed by atoms with Gasteiger partial charge < -0.3 is 0 Å². The molecular weight excluding hydrogens is 179 g/mol. The lowest BCUT2D eigenvalue weighted by atomic mass is 11.0. The van der Waals surface area contributed by atoms with Crippen molar-refractivity contribution in [1.29, 1.82) is 0 Å². The molecule has 1 aliphatic heterocycles. The highest BCUT2D eigenvalue weighted by atomic mass is 35.5. The molecule has 1 heterocycles. The number of hydrogen-bond donors (Lipinski definition) is 0. The summed E-state index contributed by atoms with van der Waals surface area (Å²) in [7, 11) is 0. The molecule has 0 aromatic carbocycles. The van der Waals surface area contributed by atoms with E-state index in [9.17, 15) is 0 Å². The van der Waals surface area contributed by atoms with E-state index in [0.717, 1.165) is 5.88 Å². The van der Waals surface area contributed by atoms with Gasteiger partial charge in [-0.05, 0) is 6.16 Å². The Bertz CT molecular complexity index is 65.1. The van der Waals surface area contributed by atoms with Gasteiger partial charge in [0, 0.05) is 23.7 Å². The minimum Gasteiger partial charge on any atom is -0.126 e. The maximum absolute atomic E-state index is 5.57. The van der Waals surface area contributed by atoms with E-state index in [2.05, 4.69) is 22.8 Å². The van der Waals surface area contributed by atoms with Gasteiger partial charge in [-0.3, -0.25) is 0 Å². The van der Waals surface area contributed by atoms with Crippen LogP contribution in [0.25, 0.3) is 0 Å². The predicted octanol–water partition coefficient (Wildman–Crippen LogP) is 3.02. The van der Waals surface area contributed by atoms with Crippen LogP contribution in [-0.2, 0) is 0 Å². The zero-order chi connectivity index (χ0) is 5.82. The monoisotopic (exact) mass is 186 g/mol. The Labute approximate surface area is 64.4 Å². The van der Waals surface area contributed by atoms with E-state index in [1.165, 1.54) is 17.7 Å². The fourth-order valence-electron chi connectivity index (χ4n) is 0.514. The highest BCUT2D eigenvalue weighted by Gasteiger charge is 2.14. The average molecular weight is 187 g/mol. The summed E-state index contributed by atoms with van der Waals surface area (Å²) in [5.41, 5.74) is 0. The van der Waals surface area contributed by atoms with Crippen LogP contribution in [-0.4, -0.2) is 23.5 Å². The summed E-state index contributed by atoms with van der Waals surface area (Å²) in [5.74, 6) is 3.56. The molecule has 1 fully saturated rings. The molecule has 0 atom stereocenters. The van der Waals surface area contributed by atoms with Gasteiger partial charge in [-0.25, -0.2) is 0 Å². The Kier molecular flexibility index (Phi) is 4.02. The average Bonchev–Trinajstić information content (AvgIpc) is 2.19. The van der Waals surface area contributed by atoms with E-state index < -0.39 is 0 Å². The highest BCUT2D eigenvalue weighted by Crippen LogP contribution is 2.65. The van der Waals surface area contributed by atoms with Gasteiger partial charge in [0.05, 0.1) is 0 Å². The normalized spacial score (nSPS) is 22.1. The zero-order valence-electron chi connectivity index (χ0n) is 4.47. The Balaban J connectivity index is 2.06. The second kappa shape index (κ2) is 4.27. The molecule has 0 saturated carbocycles. The second-order valence-electron chi connectivity index (χ2n) is 1.41. The molecule has 0 amide bonds. The van der Waals surface area contributed by atoms with Crippen LogP contribution >= 0.6 is 40.7 Å². The van der Waals surface area contributed by atoms with Crippen molar-refractivity contribution in [1.82, 2.24) is 0 Å². The number of rotatable bonds is 2. The predicted molar refractivity (Wildman–Crippen MR) is 47.4 cm³/mol. The lowest BCUT2D eigenvalue weighted by molar-refractivity contribution is 1.54. The zero-order valence-corrected chi connectivity index (χ0v) is 7.75. The first-order valence-electron chi connectivity index (χ1n) is 2.53. The fourth-order valence-corrected chi connectivity index (χ4v) is 9.22. The van der Waals surface area contributed by atoms with Crippen LogP contribution in [0.3, 0.4) is 0 Å². The van der Waals surface area contributed by atoms with Crippen molar-refractivity contribution in [2.24, 2.45) is 0 Å². The van der Waals surface area contributed by atoms with Gasteiger partial charge in [-0.1, -0.05) is 0 Å². The molecule has 0 nitrogen and oxygen atoms in total. The third-order valence-corrected chi connectivity index (χ3v) is 9.29. The summed E-state index contributed by atoms with van der Waals surface area (Å²) in [5, 5.41) is 0. The van der Waals surface area contributed by atoms with Gasteiger partial charge in [-0.15, -0.1) is 34.4 Å². The summed E-state index contributed by atoms with van der Waals surface area (Å²) in [6.07, 6.45) is 1.50. The van der Waals surface area contributed by atoms with Gasteiger partial charge in [0.15, 0.2) is 0 Å². The molecule has 0 radical (unpaired) electrons. The molecule has 0 aromatic heterocycles. The Morgan fingerprint density at radius 1 is 1.38 bits per heavy atom. The van der Waals surface area contributed by atoms with Crippen LogP contribution in [0.2, 0.25) is 0 Å². The third kappa shape index (κ3) is 2.34. The Morgan fingerprint density at radius 3 is 2.50 bits per heavy atom. The molecule has 0 spiro atoms. The number of alkyl halides is 1. The maximum atomic E-state index is 5.57. The molecule has 0 unspecified atom stereocenters. The quantitative estimate of drug-likeness (QED) is 0.480. The smallest absolute Gasteiger partial charge is 0.0278 e. The second-order valence-corrected chi connectivity index (χ2v) is 9.12. The largest absolute Gasteiger partial charge is 0.126 e. The minimum absolute atomic E-state index is 0.256. The highest BCUT2D eigenvalue weighted by molar-refractivity contribution is 8.89. The van der Waals surface area contributed by atoms with E-state index in [-0.39, 0.29) is 6.33 Å². The van der Waals surface area contributed by atoms with E-state index in [1.54, 1.807) is 0 Å². The summed E-state index contributed by atoms with van der Waals surface area (Å²) < 4.78 is 0. The molecule has 0 aliphatic carbocycles. The topological polar surface area (TPSA) is 0 Å². The molecule has 8 heavy (non-hydrogen) atoms. The SMILES string of the molecule is ClCCP1SCCS1. The first-order valence-corrected chi connectivity index (χ1v) is 7.77. The van der Waals surface area contributed by atoms with Crippen LogP contribution in [0.4, 0.5) is 0 Å². The van der Waals surface area contributed by atoms with Gasteiger partial charge in [0.1, 0.15) is 0 Å². The molecule has 1 aliphatic rings. The van der Waals surface area contributed by atoms with Crippen LogP contribution in [0, 0.1) is 0 Å². The van der Waals surface area contributed by atoms with Gasteiger partial charge in [0.2, 0.25) is 0 Å². The lowest BCUT2D eigenvalue weighted by Crippen LogP contribution is -1.73. The van der Waals surface area contributed by atoms with Crippen molar-refractivity contribution in [2.75, 3.05) is 23.5 Å². The van der Waals surface area contributed by atoms with Crippen LogP contribution in [0.5, 0.6) is 0 Å². The lowest BCUT2D eigenvalue weighted by Gasteiger charge is -2.01. The molecule has 0 aromatic rings. The van der Waals surface area contributed by atoms with E-state index in [4.69, 9.17) is 11.6 Å². The van der Waals surface area contributed by atoms with Gasteiger partial charge in [0.25, 0.3) is 0 Å². The Morgan fingerprint density at radius 2 is 2.00 bits per heavy atom. The fraction of sp³-hybridized carbons (Fsp3) is 1.00. The van der Waals surface area contributed by atoms with Crippen LogP contribution < -0.4 is 0 Å². The molecule has 0 bridgehead atoms. The van der Waals surface area contributed by atoms with Gasteiger partial charge in [-0.2, -0.15) is 0 Å². The van der Waals surface area contributed by atoms with Crippen molar-refractivity contribution in [3.8, 4) is 0 Å². The van der Waals surface area contributed by atoms with E-state index in [0.29, 0.717) is 0 Å². The first kappa shape index (κ1) is 7.53. The number of hydrogen-bond acceptors (Lipinski definition) is 2. The van der Waals surface area contributed by atoms with E-state index >= 15 is 0 Å². The molecule has 48 valence electrons. The van der Waals surface area contributed by atoms with E-state index in [1.807, 2.05) is 0 Å². The van der Waals surface area contributed by atoms with Crippen molar-refractivity contribution in [3.05, 3.63) is 0 Å². The minimum atomic E-state index is 0.256.